The minimum Gasteiger partial charge on any atom is -0.371 e. The molecule has 0 amide bonds. The topological polar surface area (TPSA) is 44.4 Å². The van der Waals surface area contributed by atoms with E-state index in [0.29, 0.717) is 12.6 Å². The number of rotatable bonds is 5. The molecule has 34 heavy (non-hydrogen) atoms. The van der Waals surface area contributed by atoms with Crippen LogP contribution >= 0.6 is 11.3 Å². The van der Waals surface area contributed by atoms with Crippen LogP contribution in [0.4, 0.5) is 5.69 Å². The van der Waals surface area contributed by atoms with Crippen LogP contribution < -0.4 is 4.90 Å². The Balaban J connectivity index is 1.06. The molecule has 1 aromatic carbocycles. The van der Waals surface area contributed by atoms with Gasteiger partial charge in [-0.05, 0) is 55.1 Å². The number of anilines is 1. The Morgan fingerprint density at radius 2 is 2.18 bits per heavy atom. The lowest BCUT2D eigenvalue weighted by Crippen LogP contribution is -2.49. The first-order valence-electron chi connectivity index (χ1n) is 12.4. The van der Waals surface area contributed by atoms with Gasteiger partial charge in [0.15, 0.2) is 0 Å². The van der Waals surface area contributed by atoms with Gasteiger partial charge in [0.1, 0.15) is 6.61 Å². The number of fused-ring (bicyclic) bond motifs is 4. The number of aromatic nitrogens is 2. The highest BCUT2D eigenvalue weighted by Crippen LogP contribution is 2.42. The van der Waals surface area contributed by atoms with E-state index in [0.717, 1.165) is 54.7 Å². The number of aromatic amines is 1. The molecule has 2 aliphatic heterocycles. The molecule has 1 saturated heterocycles. The second-order valence-corrected chi connectivity index (χ2v) is 10.8. The highest BCUT2D eigenvalue weighted by molar-refractivity contribution is 7.11. The summed E-state index contributed by atoms with van der Waals surface area (Å²) in [4.78, 5) is 6.12. The number of hydrogen-bond donors (Lipinski definition) is 1. The van der Waals surface area contributed by atoms with Gasteiger partial charge in [0.25, 0.3) is 0 Å². The Morgan fingerprint density at radius 3 is 3.12 bits per heavy atom. The van der Waals surface area contributed by atoms with Crippen LogP contribution in [0, 0.1) is 17.8 Å². The molecule has 5 nitrogen and oxygen atoms in total. The van der Waals surface area contributed by atoms with Crippen LogP contribution in [0.5, 0.6) is 0 Å². The van der Waals surface area contributed by atoms with Gasteiger partial charge in [-0.3, -0.25) is 5.10 Å². The highest BCUT2D eigenvalue weighted by Gasteiger charge is 2.29. The van der Waals surface area contributed by atoms with Crippen molar-refractivity contribution < 1.29 is 4.74 Å². The molecule has 4 heterocycles. The molecule has 0 bridgehead atoms. The third kappa shape index (κ3) is 3.73. The molecule has 2 aromatic heterocycles. The largest absolute Gasteiger partial charge is 0.371 e. The number of ether oxygens (including phenoxy) is 1. The number of piperazine rings is 1. The maximum absolute atomic E-state index is 5.63. The Bertz CT molecular complexity index is 1320. The zero-order chi connectivity index (χ0) is 22.5. The van der Waals surface area contributed by atoms with Crippen molar-refractivity contribution in [1.29, 1.82) is 0 Å². The molecule has 3 aromatic rings. The lowest BCUT2D eigenvalue weighted by molar-refractivity contribution is 0.156. The number of thiophene rings is 1. The summed E-state index contributed by atoms with van der Waals surface area (Å²) in [5.41, 5.74) is 8.74. The van der Waals surface area contributed by atoms with Gasteiger partial charge >= 0.3 is 0 Å². The third-order valence-corrected chi connectivity index (χ3v) is 8.35. The summed E-state index contributed by atoms with van der Waals surface area (Å²) in [6.07, 6.45) is 9.31. The maximum Gasteiger partial charge on any atom is 0.108 e. The van der Waals surface area contributed by atoms with E-state index in [1.807, 2.05) is 0 Å². The van der Waals surface area contributed by atoms with Crippen LogP contribution in [0.1, 0.15) is 35.3 Å². The van der Waals surface area contributed by atoms with Crippen molar-refractivity contribution in [3.8, 4) is 34.4 Å². The van der Waals surface area contributed by atoms with Crippen molar-refractivity contribution in [3.63, 3.8) is 0 Å². The number of H-pyrrole nitrogens is 1. The van der Waals surface area contributed by atoms with Crippen LogP contribution in [0.3, 0.4) is 0 Å². The van der Waals surface area contributed by atoms with Crippen molar-refractivity contribution in [2.24, 2.45) is 5.92 Å². The molecule has 1 N–H and O–H groups in total. The second kappa shape index (κ2) is 8.33. The summed E-state index contributed by atoms with van der Waals surface area (Å²) in [7, 11) is 0. The summed E-state index contributed by atoms with van der Waals surface area (Å²) in [6, 6.07) is 9.77. The fourth-order valence-electron chi connectivity index (χ4n) is 5.43. The van der Waals surface area contributed by atoms with Crippen molar-refractivity contribution in [3.05, 3.63) is 57.9 Å². The van der Waals surface area contributed by atoms with Gasteiger partial charge in [-0.2, -0.15) is 5.10 Å². The summed E-state index contributed by atoms with van der Waals surface area (Å²) in [5, 5.41) is 10.2. The highest BCUT2D eigenvalue weighted by atomic mass is 32.1. The molecule has 4 aliphatic rings. The normalized spacial score (nSPS) is 20.2. The molecular weight excluding hydrogens is 440 g/mol. The molecule has 2 fully saturated rings. The molecule has 1 atom stereocenters. The lowest BCUT2D eigenvalue weighted by atomic mass is 10.1. The molecule has 2 aliphatic carbocycles. The third-order valence-electron chi connectivity index (χ3n) is 7.50. The average molecular weight is 469 g/mol. The number of nitrogens with one attached hydrogen (secondary N) is 1. The van der Waals surface area contributed by atoms with E-state index >= 15 is 0 Å². The molecule has 172 valence electrons. The van der Waals surface area contributed by atoms with Crippen LogP contribution in [0.25, 0.3) is 22.5 Å². The van der Waals surface area contributed by atoms with Crippen molar-refractivity contribution in [2.75, 3.05) is 37.7 Å². The minimum atomic E-state index is 0.519. The number of benzene rings is 1. The fraction of sp³-hybridized carbons (Fsp3) is 0.393. The first-order chi connectivity index (χ1) is 16.8. The van der Waals surface area contributed by atoms with Gasteiger partial charge in [-0.25, -0.2) is 0 Å². The van der Waals surface area contributed by atoms with Crippen LogP contribution in [0.15, 0.2) is 41.9 Å². The summed E-state index contributed by atoms with van der Waals surface area (Å²) >= 11 is 1.68. The smallest absolute Gasteiger partial charge is 0.108 e. The molecule has 0 spiro atoms. The predicted molar refractivity (Wildman–Crippen MR) is 137 cm³/mol. The van der Waals surface area contributed by atoms with E-state index in [2.05, 4.69) is 68.7 Å². The van der Waals surface area contributed by atoms with Crippen molar-refractivity contribution in [1.82, 2.24) is 15.1 Å². The maximum atomic E-state index is 5.63. The second-order valence-electron chi connectivity index (χ2n) is 9.86. The fourth-order valence-corrected chi connectivity index (χ4v) is 6.19. The van der Waals surface area contributed by atoms with Gasteiger partial charge in [-0.1, -0.05) is 24.0 Å². The average Bonchev–Trinajstić information content (AvgIpc) is 3.23. The Morgan fingerprint density at radius 1 is 1.21 bits per heavy atom. The summed E-state index contributed by atoms with van der Waals surface area (Å²) < 4.78 is 5.63. The first-order valence-corrected chi connectivity index (χ1v) is 13.2. The monoisotopic (exact) mass is 468 g/mol. The van der Waals surface area contributed by atoms with E-state index < -0.39 is 0 Å². The number of nitrogens with zero attached hydrogens (tertiary/aromatic N) is 3. The quantitative estimate of drug-likeness (QED) is 0.334. The zero-order valence-corrected chi connectivity index (χ0v) is 20.0. The SMILES string of the molecule is C(#Cc1cc(-c2n[nH]c3c2Cc2cc(N4CCN5C=CCC5C4)ccc2-3)cs1)COCC1CC1. The van der Waals surface area contributed by atoms with Gasteiger partial charge in [0.2, 0.25) is 0 Å². The van der Waals surface area contributed by atoms with E-state index in [9.17, 15) is 0 Å². The summed E-state index contributed by atoms with van der Waals surface area (Å²) in [6.45, 7) is 4.68. The molecule has 7 rings (SSSR count). The standard InChI is InChI=1S/C28H28N4OS/c1-3-23-16-32(11-10-31(23)9-1)22-7-8-25-20(13-22)15-26-27(29-30-28(25)26)21-14-24(34-18-21)4-2-12-33-17-19-5-6-19/h1,7-9,13-14,18-19,23H,3,5-6,10-12,15-17H2,(H,29,30). The molecule has 1 unspecified atom stereocenters. The van der Waals surface area contributed by atoms with Gasteiger partial charge in [-0.15, -0.1) is 11.3 Å². The first kappa shape index (κ1) is 20.4. The van der Waals surface area contributed by atoms with E-state index in [-0.39, 0.29) is 0 Å². The Kier molecular flexibility index (Phi) is 4.99. The van der Waals surface area contributed by atoms with Gasteiger partial charge in [0.05, 0.1) is 22.9 Å². The zero-order valence-electron chi connectivity index (χ0n) is 19.2. The molecular formula is C28H28N4OS. The van der Waals surface area contributed by atoms with Crippen LogP contribution in [-0.2, 0) is 11.2 Å². The summed E-state index contributed by atoms with van der Waals surface area (Å²) in [5.74, 6) is 7.20. The molecule has 0 radical (unpaired) electrons. The van der Waals surface area contributed by atoms with Gasteiger partial charge in [0, 0.05) is 59.9 Å². The predicted octanol–water partition coefficient (Wildman–Crippen LogP) is 4.90. The van der Waals surface area contributed by atoms with Crippen molar-refractivity contribution in [2.45, 2.75) is 31.7 Å². The molecule has 1 saturated carbocycles. The minimum absolute atomic E-state index is 0.519. The Hall–Kier alpha value is -3.01. The van der Waals surface area contributed by atoms with Gasteiger partial charge < -0.3 is 14.5 Å². The van der Waals surface area contributed by atoms with Crippen LogP contribution in [0.2, 0.25) is 0 Å². The lowest BCUT2D eigenvalue weighted by Gasteiger charge is -2.39. The van der Waals surface area contributed by atoms with Crippen molar-refractivity contribution >= 4 is 17.0 Å². The Labute approximate surface area is 204 Å². The van der Waals surface area contributed by atoms with Crippen LogP contribution in [-0.4, -0.2) is 54.0 Å². The molecule has 6 heteroatoms. The van der Waals surface area contributed by atoms with E-state index in [4.69, 9.17) is 9.84 Å². The van der Waals surface area contributed by atoms with E-state index in [1.165, 1.54) is 47.3 Å². The number of hydrogen-bond acceptors (Lipinski definition) is 5. The van der Waals surface area contributed by atoms with E-state index in [1.54, 1.807) is 11.3 Å².